The van der Waals surface area contributed by atoms with Crippen molar-refractivity contribution in [1.29, 1.82) is 0 Å². The number of rotatable bonds is 0. The van der Waals surface area contributed by atoms with Crippen LogP contribution in [-0.4, -0.2) is 23.6 Å². The lowest BCUT2D eigenvalue weighted by Crippen LogP contribution is -2.69. The average molecular weight is 282 g/mol. The number of ether oxygens (including phenoxy) is 2. The van der Waals surface area contributed by atoms with Crippen molar-refractivity contribution in [2.24, 2.45) is 23.7 Å². The van der Waals surface area contributed by atoms with Gasteiger partial charge in [-0.15, -0.1) is 0 Å². The lowest BCUT2D eigenvalue weighted by molar-refractivity contribution is -0.559. The fourth-order valence-electron chi connectivity index (χ4n) is 4.76. The van der Waals surface area contributed by atoms with Gasteiger partial charge in [0.25, 0.3) is 0 Å². The van der Waals surface area contributed by atoms with E-state index < -0.39 is 17.7 Å². The topological polar surface area (TPSA) is 54.0 Å². The molecule has 2 bridgehead atoms. The number of esters is 1. The largest absolute Gasteiger partial charge is 0.432 e. The van der Waals surface area contributed by atoms with Gasteiger partial charge in [-0.3, -0.25) is 4.79 Å². The maximum Gasteiger partial charge on any atom is 0.311 e. The highest BCUT2D eigenvalue weighted by atomic mass is 17.3. The minimum Gasteiger partial charge on any atom is -0.432 e. The second-order valence-electron chi connectivity index (χ2n) is 7.14. The highest BCUT2D eigenvalue weighted by Gasteiger charge is 2.69. The van der Waals surface area contributed by atoms with Crippen LogP contribution < -0.4 is 0 Å². The molecule has 0 aromatic heterocycles. The molecular formula is C15H22O5. The first kappa shape index (κ1) is 13.0. The Hall–Kier alpha value is -0.650. The lowest BCUT2D eigenvalue weighted by Gasteiger charge is -2.57. The SMILES string of the molecule is C[C@@H]1CCC2[C@@H](C)C(=O)O[C@@H]3O[C@@]4(C)CCC1C23OO4. The third-order valence-corrected chi connectivity index (χ3v) is 5.97. The molecule has 0 radical (unpaired) electrons. The Morgan fingerprint density at radius 2 is 1.90 bits per heavy atom. The number of carbonyl (C=O) groups is 1. The van der Waals surface area contributed by atoms with Crippen LogP contribution in [0.2, 0.25) is 0 Å². The van der Waals surface area contributed by atoms with Crippen molar-refractivity contribution in [2.75, 3.05) is 0 Å². The molecule has 7 atom stereocenters. The Bertz CT molecular complexity index is 452. The normalized spacial score (nSPS) is 57.8. The van der Waals surface area contributed by atoms with Gasteiger partial charge in [-0.05, 0) is 32.1 Å². The molecule has 4 heterocycles. The number of hydrogen-bond acceptors (Lipinski definition) is 5. The van der Waals surface area contributed by atoms with Crippen LogP contribution in [0.15, 0.2) is 0 Å². The van der Waals surface area contributed by atoms with E-state index in [1.54, 1.807) is 0 Å². The summed E-state index contributed by atoms with van der Waals surface area (Å²) in [4.78, 5) is 23.7. The first-order valence-electron chi connectivity index (χ1n) is 7.71. The van der Waals surface area contributed by atoms with Gasteiger partial charge in [-0.25, -0.2) is 9.78 Å². The Balaban J connectivity index is 1.84. The molecule has 112 valence electrons. The summed E-state index contributed by atoms with van der Waals surface area (Å²) in [7, 11) is 0. The van der Waals surface area contributed by atoms with Crippen LogP contribution in [0.25, 0.3) is 0 Å². The van der Waals surface area contributed by atoms with Gasteiger partial charge in [0.05, 0.1) is 5.92 Å². The Kier molecular flexibility index (Phi) is 2.58. The van der Waals surface area contributed by atoms with Gasteiger partial charge in [0, 0.05) is 18.3 Å². The van der Waals surface area contributed by atoms with E-state index in [4.69, 9.17) is 19.2 Å². The van der Waals surface area contributed by atoms with E-state index in [0.29, 0.717) is 11.8 Å². The molecule has 0 N–H and O–H groups in total. The van der Waals surface area contributed by atoms with Crippen LogP contribution in [0.5, 0.6) is 0 Å². The van der Waals surface area contributed by atoms with Gasteiger partial charge < -0.3 is 9.47 Å². The quantitative estimate of drug-likeness (QED) is 0.504. The van der Waals surface area contributed by atoms with E-state index in [1.807, 2.05) is 13.8 Å². The molecule has 4 aliphatic heterocycles. The monoisotopic (exact) mass is 282 g/mol. The Morgan fingerprint density at radius 3 is 2.70 bits per heavy atom. The third kappa shape index (κ3) is 1.46. The van der Waals surface area contributed by atoms with Crippen LogP contribution in [0.4, 0.5) is 0 Å². The standard InChI is InChI=1S/C15H22O5/c1-8-4-5-11-9(2)12(16)17-13-15(11)10(8)6-7-14(3,18-13)19-20-15/h8-11,13H,4-7H2,1-3H3/t8-,9-,10?,11?,13-,14-,15?/m1/s1. The van der Waals surface area contributed by atoms with Crippen LogP contribution in [-0.2, 0) is 24.0 Å². The van der Waals surface area contributed by atoms with Crippen molar-refractivity contribution < 1.29 is 24.0 Å². The molecule has 0 amide bonds. The fraction of sp³-hybridized carbons (Fsp3) is 0.933. The second kappa shape index (κ2) is 3.96. The van der Waals surface area contributed by atoms with E-state index in [9.17, 15) is 4.79 Å². The summed E-state index contributed by atoms with van der Waals surface area (Å²) in [5.41, 5.74) is -0.610. The summed E-state index contributed by atoms with van der Waals surface area (Å²) < 4.78 is 11.6. The number of carbonyl (C=O) groups excluding carboxylic acids is 1. The first-order chi connectivity index (χ1) is 9.46. The first-order valence-corrected chi connectivity index (χ1v) is 7.71. The molecule has 0 aromatic rings. The van der Waals surface area contributed by atoms with Gasteiger partial charge in [-0.1, -0.05) is 13.8 Å². The van der Waals surface area contributed by atoms with Crippen LogP contribution in [0.1, 0.15) is 46.5 Å². The van der Waals surface area contributed by atoms with Crippen molar-refractivity contribution in [2.45, 2.75) is 64.1 Å². The summed E-state index contributed by atoms with van der Waals surface area (Å²) in [5, 5.41) is 0. The molecule has 1 spiro atoms. The zero-order valence-electron chi connectivity index (χ0n) is 12.3. The maximum atomic E-state index is 12.1. The van der Waals surface area contributed by atoms with Gasteiger partial charge in [0.2, 0.25) is 12.1 Å². The zero-order chi connectivity index (χ0) is 14.1. The molecule has 5 heteroatoms. The molecule has 5 rings (SSSR count). The van der Waals surface area contributed by atoms with E-state index in [1.165, 1.54) is 0 Å². The number of hydrogen-bond donors (Lipinski definition) is 0. The average Bonchev–Trinajstić information content (AvgIpc) is 2.63. The molecule has 5 aliphatic rings. The van der Waals surface area contributed by atoms with Crippen molar-refractivity contribution in [3.05, 3.63) is 0 Å². The number of fused-ring (bicyclic) bond motifs is 2. The van der Waals surface area contributed by atoms with Crippen LogP contribution in [0, 0.1) is 23.7 Å². The van der Waals surface area contributed by atoms with Gasteiger partial charge in [0.1, 0.15) is 0 Å². The molecule has 5 nitrogen and oxygen atoms in total. The maximum absolute atomic E-state index is 12.1. The molecule has 4 saturated heterocycles. The molecule has 5 fully saturated rings. The summed E-state index contributed by atoms with van der Waals surface area (Å²) >= 11 is 0. The van der Waals surface area contributed by atoms with Crippen molar-refractivity contribution in [3.63, 3.8) is 0 Å². The highest BCUT2D eigenvalue weighted by molar-refractivity contribution is 5.74. The van der Waals surface area contributed by atoms with Crippen molar-refractivity contribution >= 4 is 5.97 Å². The predicted octanol–water partition coefficient (Wildman–Crippen LogP) is 2.39. The van der Waals surface area contributed by atoms with Gasteiger partial charge in [0.15, 0.2) is 5.60 Å². The third-order valence-electron chi connectivity index (χ3n) is 5.97. The van der Waals surface area contributed by atoms with Crippen molar-refractivity contribution in [3.8, 4) is 0 Å². The molecular weight excluding hydrogens is 260 g/mol. The summed E-state index contributed by atoms with van der Waals surface area (Å²) in [6.07, 6.45) is 3.24. The molecule has 3 unspecified atom stereocenters. The highest BCUT2D eigenvalue weighted by Crippen LogP contribution is 2.59. The lowest BCUT2D eigenvalue weighted by atomic mass is 9.58. The summed E-state index contributed by atoms with van der Waals surface area (Å²) in [6.45, 7) is 6.06. The molecule has 1 saturated carbocycles. The summed E-state index contributed by atoms with van der Waals surface area (Å²) in [5.74, 6) is -0.137. The van der Waals surface area contributed by atoms with Crippen molar-refractivity contribution in [1.82, 2.24) is 0 Å². The fourth-order valence-corrected chi connectivity index (χ4v) is 4.76. The Labute approximate surface area is 118 Å². The van der Waals surface area contributed by atoms with E-state index in [-0.39, 0.29) is 17.8 Å². The van der Waals surface area contributed by atoms with E-state index in [2.05, 4.69) is 6.92 Å². The molecule has 20 heavy (non-hydrogen) atoms. The summed E-state index contributed by atoms with van der Waals surface area (Å²) in [6, 6.07) is 0. The smallest absolute Gasteiger partial charge is 0.311 e. The predicted molar refractivity (Wildman–Crippen MR) is 68.0 cm³/mol. The minimum absolute atomic E-state index is 0.123. The minimum atomic E-state index is -0.793. The van der Waals surface area contributed by atoms with Crippen LogP contribution in [0.3, 0.4) is 0 Å². The zero-order valence-corrected chi connectivity index (χ0v) is 12.3. The van der Waals surface area contributed by atoms with Crippen LogP contribution >= 0.6 is 0 Å². The van der Waals surface area contributed by atoms with Gasteiger partial charge >= 0.3 is 5.97 Å². The van der Waals surface area contributed by atoms with E-state index in [0.717, 1.165) is 25.7 Å². The molecule has 0 aromatic carbocycles. The van der Waals surface area contributed by atoms with E-state index >= 15 is 0 Å². The van der Waals surface area contributed by atoms with Gasteiger partial charge in [-0.2, -0.15) is 0 Å². The molecule has 1 aliphatic carbocycles. The second-order valence-corrected chi connectivity index (χ2v) is 7.14. The Morgan fingerprint density at radius 1 is 1.10 bits per heavy atom.